The first-order valence-electron chi connectivity index (χ1n) is 49.4. The molecule has 3 fully saturated rings. The van der Waals surface area contributed by atoms with Gasteiger partial charge in [-0.25, -0.2) is 43.7 Å². The van der Waals surface area contributed by atoms with Crippen molar-refractivity contribution in [1.29, 1.82) is 0 Å². The number of benzene rings is 7. The third kappa shape index (κ3) is 36.6. The fourth-order valence-corrected chi connectivity index (χ4v) is 16.3. The second kappa shape index (κ2) is 58.0. The number of thiazole rings is 2. The van der Waals surface area contributed by atoms with E-state index >= 15 is 0 Å². The number of morpholine rings is 2. The van der Waals surface area contributed by atoms with Gasteiger partial charge < -0.3 is 38.4 Å². The number of piperidine rings is 1. The Bertz CT molecular complexity index is 6220. The highest BCUT2D eigenvalue weighted by atomic mass is 32.1. The molecule has 0 saturated carbocycles. The van der Waals surface area contributed by atoms with E-state index in [1.54, 1.807) is 134 Å². The van der Waals surface area contributed by atoms with Crippen LogP contribution in [-0.4, -0.2) is 241 Å². The Labute approximate surface area is 878 Å². The Hall–Kier alpha value is -14.9. The minimum atomic E-state index is -0.710. The van der Waals surface area contributed by atoms with Gasteiger partial charge in [-0.1, -0.05) is 285 Å². The van der Waals surface area contributed by atoms with Crippen molar-refractivity contribution >= 4 is 154 Å². The summed E-state index contributed by atoms with van der Waals surface area (Å²) in [7, 11) is 0. The summed E-state index contributed by atoms with van der Waals surface area (Å²) in [5.41, 5.74) is 3.13. The number of rotatable bonds is 27. The van der Waals surface area contributed by atoms with Crippen molar-refractivity contribution in [2.45, 2.75) is 209 Å². The SMILES string of the molecule is CC(C)(C)/C(=N/OC(=O)N1CCOCC1)C(=O)c1ccccc1.CC(C)(C)C(=O)/C(=N\OC(=O)N1CCCCC1)c1ccccc1.CC(C)(C)C(=O)/C(=N\OC(=O)N1CCOCC1)c1ncco1.CC(C)C(=O)/C(=N\OC(=O)N(C(C)C)C(C)C)C(C)C.CC(C)N(C(=O)O/N=C(\C(=O)c1ccccc1)c1ccccc1)C(C)C.CC(C)N(C(=O)O/N=C(\C(=O)c1nc2ccccc2s1)c1nc2ccccc2s1)c1ccccc1. The molecule has 3 aliphatic heterocycles. The van der Waals surface area contributed by atoms with Crippen molar-refractivity contribution in [3.8, 4) is 0 Å². The molecule has 794 valence electrons. The highest BCUT2D eigenvalue weighted by Gasteiger charge is 2.36. The van der Waals surface area contributed by atoms with Crippen molar-refractivity contribution in [2.24, 2.45) is 59.0 Å². The minimum absolute atomic E-state index is 0.0148. The van der Waals surface area contributed by atoms with Crippen LogP contribution in [-0.2, 0) is 52.9 Å². The number of para-hydroxylation sites is 3. The van der Waals surface area contributed by atoms with Gasteiger partial charge >= 0.3 is 36.6 Å². The molecule has 149 heavy (non-hydrogen) atoms. The molecule has 13 rings (SSSR count). The van der Waals surface area contributed by atoms with Crippen LogP contribution in [0, 0.1) is 28.1 Å². The average Bonchev–Trinajstić information content (AvgIpc) is 1.63. The van der Waals surface area contributed by atoms with E-state index in [0.29, 0.717) is 104 Å². The van der Waals surface area contributed by atoms with Crippen LogP contribution in [0.1, 0.15) is 231 Å². The lowest BCUT2D eigenvalue weighted by molar-refractivity contribution is -0.120. The maximum atomic E-state index is 13.6. The summed E-state index contributed by atoms with van der Waals surface area (Å²) in [5.74, 6) is -1.79. The number of hydrogen-bond acceptors (Lipinski definition) is 32. The number of oxime groups is 6. The van der Waals surface area contributed by atoms with Crippen molar-refractivity contribution in [3.63, 3.8) is 0 Å². The molecule has 6 heterocycles. The summed E-state index contributed by atoms with van der Waals surface area (Å²) < 4.78 is 17.2. The third-order valence-corrected chi connectivity index (χ3v) is 24.2. The Morgan fingerprint density at radius 2 is 0.711 bits per heavy atom. The number of Topliss-reactive ketones (excluding diaryl/α,β-unsaturated/α-hetero) is 6. The number of aromatic nitrogens is 3. The van der Waals surface area contributed by atoms with E-state index in [9.17, 15) is 57.5 Å². The van der Waals surface area contributed by atoms with Gasteiger partial charge in [0.1, 0.15) is 17.7 Å². The maximum Gasteiger partial charge on any atom is 0.440 e. The molecule has 0 atom stereocenters. The van der Waals surface area contributed by atoms with E-state index in [1.165, 1.54) is 49.8 Å². The number of fused-ring (bicyclic) bond motifs is 2. The molecular formula is C111H137N15O21S2. The van der Waals surface area contributed by atoms with Gasteiger partial charge in [0.2, 0.25) is 23.1 Å². The van der Waals surface area contributed by atoms with E-state index < -0.39 is 58.6 Å². The molecule has 0 bridgehead atoms. The van der Waals surface area contributed by atoms with Gasteiger partial charge in [-0.3, -0.25) is 62.7 Å². The summed E-state index contributed by atoms with van der Waals surface area (Å²) >= 11 is 2.57. The van der Waals surface area contributed by atoms with Crippen LogP contribution in [0.3, 0.4) is 0 Å². The number of carbonyl (C=O) groups is 12. The van der Waals surface area contributed by atoms with Crippen LogP contribution in [0.15, 0.2) is 248 Å². The van der Waals surface area contributed by atoms with Crippen LogP contribution >= 0.6 is 22.7 Å². The number of oxazole rings is 1. The lowest BCUT2D eigenvalue weighted by Gasteiger charge is -2.28. The molecule has 38 heteroatoms. The van der Waals surface area contributed by atoms with Gasteiger partial charge in [0.25, 0.3) is 5.89 Å². The molecule has 0 unspecified atom stereocenters. The minimum Gasteiger partial charge on any atom is -0.443 e. The van der Waals surface area contributed by atoms with Crippen LogP contribution in [0.2, 0.25) is 0 Å². The quantitative estimate of drug-likeness (QED) is 0.0200. The standard InChI is InChI=1S/C26H20N4O3S2.C21H24N2O3.C18H24N2O3.C17H22N2O4.C15H28N2O3.C14H19N3O5/c1-16(2)30(17-10-4-3-5-11-17)26(32)33-29-22(24-27-18-12-6-8-14-20(18)34-24)23(31)25-28-19-13-7-9-15-21(19)35-25;1-15(2)23(16(3)4)21(25)26-22-19(17-11-7-5-8-12-17)20(24)18-13-9-6-10-14-18;1-18(2,3)16(21)15(14-10-6-4-7-11-14)19-23-17(22)20-12-8-5-9-13-20;1-17(2,3)15(14(20)13-7-5-4-6-8-13)18-23-16(21)19-9-11-22-12-10-19;1-9(2)13(14(18)10(3)4)16-20-15(19)17(11(5)6)12(7)8;1-14(2,3)11(18)10(12-15-4-7-21-12)16-22-13(19)17-5-8-20-9-6-17/h3-16H,1-2H3;5-16H,1-4H3;4,6-7,10-11H,5,8-9,12-13H2,1-3H3;4-8H,9-12H2,1-3H3;9-12H,1-8H3;4,7H,5-6,8-9H2,1-3H3/b29-22+;22-19-;19-15-;18-15+;16-13-;16-10+. The molecule has 36 nitrogen and oxygen atoms in total. The van der Waals surface area contributed by atoms with Crippen molar-refractivity contribution in [1.82, 2.24) is 39.5 Å². The Morgan fingerprint density at radius 1 is 0.349 bits per heavy atom. The summed E-state index contributed by atoms with van der Waals surface area (Å²) in [6.45, 7) is 47.5. The van der Waals surface area contributed by atoms with Gasteiger partial charge in [-0.2, -0.15) is 0 Å². The molecule has 0 radical (unpaired) electrons. The molecule has 0 aliphatic carbocycles. The van der Waals surface area contributed by atoms with Gasteiger partial charge in [0, 0.05) is 125 Å². The van der Waals surface area contributed by atoms with E-state index in [1.807, 2.05) is 240 Å². The predicted molar refractivity (Wildman–Crippen MR) is 576 cm³/mol. The van der Waals surface area contributed by atoms with Crippen LogP contribution in [0.4, 0.5) is 34.5 Å². The number of ketones is 6. The van der Waals surface area contributed by atoms with Gasteiger partial charge in [-0.15, -0.1) is 22.7 Å². The number of nitrogens with zero attached hydrogens (tertiary/aromatic N) is 15. The van der Waals surface area contributed by atoms with Gasteiger partial charge in [0.05, 0.1) is 53.1 Å². The molecule has 6 amide bonds. The first kappa shape index (κ1) is 119. The first-order chi connectivity index (χ1) is 70.7. The molecule has 3 aliphatic rings. The molecule has 10 aromatic rings. The smallest absolute Gasteiger partial charge is 0.440 e. The Morgan fingerprint density at radius 3 is 1.12 bits per heavy atom. The summed E-state index contributed by atoms with van der Waals surface area (Å²) in [5, 5.41) is 23.9. The topological polar surface area (TPSA) is 424 Å². The number of likely N-dealkylation sites (tertiary alicyclic amines) is 1. The largest absolute Gasteiger partial charge is 0.443 e. The van der Waals surface area contributed by atoms with E-state index in [4.69, 9.17) is 42.9 Å². The van der Waals surface area contributed by atoms with E-state index in [2.05, 4.69) is 45.9 Å². The first-order valence-corrected chi connectivity index (χ1v) is 51.0. The lowest BCUT2D eigenvalue weighted by atomic mass is 9.85. The normalized spacial score (nSPS) is 13.9. The van der Waals surface area contributed by atoms with Crippen molar-refractivity contribution in [3.05, 3.63) is 251 Å². The third-order valence-electron chi connectivity index (χ3n) is 22.1. The zero-order chi connectivity index (χ0) is 109. The monoisotopic (exact) mass is 2080 g/mol. The number of ether oxygens (including phenoxy) is 2. The fraction of sp³-hybridized carbons (Fsp3) is 0.414. The molecule has 7 aromatic carbocycles. The maximum absolute atomic E-state index is 13.6. The summed E-state index contributed by atoms with van der Waals surface area (Å²) in [6.07, 6.45) is 2.33. The van der Waals surface area contributed by atoms with Crippen LogP contribution < -0.4 is 4.90 Å². The number of amides is 6. The summed E-state index contributed by atoms with van der Waals surface area (Å²) in [4.78, 5) is 202. The highest BCUT2D eigenvalue weighted by molar-refractivity contribution is 7.23. The number of anilines is 1. The van der Waals surface area contributed by atoms with Crippen molar-refractivity contribution < 1.29 is 100 Å². The van der Waals surface area contributed by atoms with E-state index in [0.717, 1.165) is 39.7 Å². The van der Waals surface area contributed by atoms with Crippen molar-refractivity contribution in [2.75, 3.05) is 70.6 Å². The fourth-order valence-electron chi connectivity index (χ4n) is 14.4. The molecular weight excluding hydrogens is 1940 g/mol. The average molecular weight is 2080 g/mol. The van der Waals surface area contributed by atoms with Gasteiger partial charge in [-0.05, 0) is 125 Å². The predicted octanol–water partition coefficient (Wildman–Crippen LogP) is 22.4. The second-order valence-corrected chi connectivity index (χ2v) is 41.5. The van der Waals surface area contributed by atoms with Crippen LogP contribution in [0.25, 0.3) is 20.4 Å². The van der Waals surface area contributed by atoms with E-state index in [-0.39, 0.29) is 110 Å². The Balaban J connectivity index is 0.000000220. The zero-order valence-electron chi connectivity index (χ0n) is 89.0. The molecule has 0 N–H and O–H groups in total. The molecule has 3 saturated heterocycles. The van der Waals surface area contributed by atoms with Crippen LogP contribution in [0.5, 0.6) is 0 Å². The molecule has 0 spiro atoms. The Kier molecular flexibility index (Phi) is 46.5. The highest BCUT2D eigenvalue weighted by Crippen LogP contribution is 2.30. The van der Waals surface area contributed by atoms with Gasteiger partial charge in [0.15, 0.2) is 44.5 Å². The molecule has 3 aromatic heterocycles. The second-order valence-electron chi connectivity index (χ2n) is 39.4. The number of carbonyl (C=O) groups excluding carboxylic acids is 12. The lowest BCUT2D eigenvalue weighted by Crippen LogP contribution is -2.42. The number of hydrogen-bond donors (Lipinski definition) is 0. The zero-order valence-corrected chi connectivity index (χ0v) is 90.7. The summed E-state index contributed by atoms with van der Waals surface area (Å²) in [6, 6.07) is 59.7.